The van der Waals surface area contributed by atoms with E-state index in [2.05, 4.69) is 24.8 Å². The van der Waals surface area contributed by atoms with E-state index in [4.69, 9.17) is 5.26 Å². The molecule has 74 valence electrons. The summed E-state index contributed by atoms with van der Waals surface area (Å²) in [7, 11) is 0. The predicted molar refractivity (Wildman–Crippen MR) is 54.2 cm³/mol. The lowest BCUT2D eigenvalue weighted by molar-refractivity contribution is 0.160. The standard InChI is InChI=1S/C11H20N2/c1-10(2)8-13-7-3-4-11(9-13)5-6-12/h10-11H,3-5,7-9H2,1-2H3. The van der Waals surface area contributed by atoms with Gasteiger partial charge < -0.3 is 4.90 Å². The monoisotopic (exact) mass is 180 g/mol. The van der Waals surface area contributed by atoms with Crippen molar-refractivity contribution < 1.29 is 0 Å². The first-order valence-electron chi connectivity index (χ1n) is 5.31. The fourth-order valence-electron chi connectivity index (χ4n) is 2.13. The lowest BCUT2D eigenvalue weighted by Crippen LogP contribution is -2.37. The Bertz CT molecular complexity index is 181. The second kappa shape index (κ2) is 5.24. The summed E-state index contributed by atoms with van der Waals surface area (Å²) in [4.78, 5) is 2.51. The molecule has 0 saturated carbocycles. The SMILES string of the molecule is CC(C)CN1CCCC(CC#N)C1. The van der Waals surface area contributed by atoms with Crippen molar-refractivity contribution in [3.63, 3.8) is 0 Å². The van der Waals surface area contributed by atoms with Gasteiger partial charge in [0.05, 0.1) is 6.07 Å². The van der Waals surface area contributed by atoms with Gasteiger partial charge in [0.15, 0.2) is 0 Å². The van der Waals surface area contributed by atoms with Crippen LogP contribution in [0.25, 0.3) is 0 Å². The highest BCUT2D eigenvalue weighted by atomic mass is 15.1. The zero-order chi connectivity index (χ0) is 9.68. The van der Waals surface area contributed by atoms with Gasteiger partial charge in [0.25, 0.3) is 0 Å². The maximum absolute atomic E-state index is 8.62. The van der Waals surface area contributed by atoms with E-state index < -0.39 is 0 Å². The highest BCUT2D eigenvalue weighted by molar-refractivity contribution is 4.81. The Morgan fingerprint density at radius 2 is 2.31 bits per heavy atom. The molecule has 13 heavy (non-hydrogen) atoms. The second-order valence-corrected chi connectivity index (χ2v) is 4.52. The minimum absolute atomic E-state index is 0.637. The Balaban J connectivity index is 2.29. The zero-order valence-corrected chi connectivity index (χ0v) is 8.79. The minimum Gasteiger partial charge on any atom is -0.303 e. The van der Waals surface area contributed by atoms with Crippen molar-refractivity contribution in [3.8, 4) is 6.07 Å². The molecule has 1 aliphatic heterocycles. The second-order valence-electron chi connectivity index (χ2n) is 4.52. The molecule has 0 aromatic carbocycles. The molecule has 0 aliphatic carbocycles. The van der Waals surface area contributed by atoms with Crippen molar-refractivity contribution in [3.05, 3.63) is 0 Å². The van der Waals surface area contributed by atoms with Crippen LogP contribution >= 0.6 is 0 Å². The number of rotatable bonds is 3. The van der Waals surface area contributed by atoms with Crippen LogP contribution in [-0.2, 0) is 0 Å². The molecule has 0 aromatic rings. The number of nitriles is 1. The molecule has 0 amide bonds. The van der Waals surface area contributed by atoms with Crippen molar-refractivity contribution in [1.29, 1.82) is 5.26 Å². The number of piperidine rings is 1. The van der Waals surface area contributed by atoms with Crippen LogP contribution in [0.1, 0.15) is 33.1 Å². The first-order chi connectivity index (χ1) is 6.22. The Kier molecular flexibility index (Phi) is 4.24. The van der Waals surface area contributed by atoms with E-state index in [1.165, 1.54) is 25.9 Å². The quantitative estimate of drug-likeness (QED) is 0.666. The van der Waals surface area contributed by atoms with Gasteiger partial charge in [-0.1, -0.05) is 13.8 Å². The van der Waals surface area contributed by atoms with Crippen LogP contribution in [0.4, 0.5) is 0 Å². The van der Waals surface area contributed by atoms with Crippen molar-refractivity contribution in [1.82, 2.24) is 4.90 Å². The Morgan fingerprint density at radius 3 is 2.92 bits per heavy atom. The van der Waals surface area contributed by atoms with Gasteiger partial charge in [0.1, 0.15) is 0 Å². The third-order valence-electron chi connectivity index (χ3n) is 2.61. The molecule has 0 spiro atoms. The summed E-state index contributed by atoms with van der Waals surface area (Å²) in [5, 5.41) is 8.62. The van der Waals surface area contributed by atoms with Crippen LogP contribution in [-0.4, -0.2) is 24.5 Å². The fraction of sp³-hybridized carbons (Fsp3) is 0.909. The normalized spacial score (nSPS) is 24.6. The van der Waals surface area contributed by atoms with Gasteiger partial charge in [-0.2, -0.15) is 5.26 Å². The first kappa shape index (κ1) is 10.5. The van der Waals surface area contributed by atoms with Crippen LogP contribution in [0.15, 0.2) is 0 Å². The molecule has 2 nitrogen and oxygen atoms in total. The average Bonchev–Trinajstić information content (AvgIpc) is 2.04. The van der Waals surface area contributed by atoms with Crippen LogP contribution in [0.2, 0.25) is 0 Å². The van der Waals surface area contributed by atoms with Gasteiger partial charge in [-0.05, 0) is 31.2 Å². The van der Waals surface area contributed by atoms with Crippen LogP contribution in [0.3, 0.4) is 0 Å². The Morgan fingerprint density at radius 1 is 1.54 bits per heavy atom. The third-order valence-corrected chi connectivity index (χ3v) is 2.61. The molecule has 1 heterocycles. The van der Waals surface area contributed by atoms with E-state index in [1.807, 2.05) is 0 Å². The predicted octanol–water partition coefficient (Wildman–Crippen LogP) is 2.27. The summed E-state index contributed by atoms with van der Waals surface area (Å²) in [6.45, 7) is 8.09. The maximum atomic E-state index is 8.62. The number of hydrogen-bond donors (Lipinski definition) is 0. The molecule has 1 rings (SSSR count). The molecular formula is C11H20N2. The molecule has 0 radical (unpaired) electrons. The van der Waals surface area contributed by atoms with E-state index in [1.54, 1.807) is 0 Å². The summed E-state index contributed by atoms with van der Waals surface area (Å²) >= 11 is 0. The largest absolute Gasteiger partial charge is 0.303 e. The topological polar surface area (TPSA) is 27.0 Å². The van der Waals surface area contributed by atoms with E-state index in [-0.39, 0.29) is 0 Å². The summed E-state index contributed by atoms with van der Waals surface area (Å²) in [6.07, 6.45) is 3.27. The first-order valence-corrected chi connectivity index (χ1v) is 5.31. The van der Waals surface area contributed by atoms with Crippen LogP contribution in [0.5, 0.6) is 0 Å². The third kappa shape index (κ3) is 3.78. The van der Waals surface area contributed by atoms with E-state index in [9.17, 15) is 0 Å². The molecule has 1 saturated heterocycles. The number of hydrogen-bond acceptors (Lipinski definition) is 2. The van der Waals surface area contributed by atoms with Gasteiger partial charge in [-0.15, -0.1) is 0 Å². The van der Waals surface area contributed by atoms with Crippen molar-refractivity contribution in [2.45, 2.75) is 33.1 Å². The van der Waals surface area contributed by atoms with Gasteiger partial charge >= 0.3 is 0 Å². The van der Waals surface area contributed by atoms with Crippen molar-refractivity contribution in [2.24, 2.45) is 11.8 Å². The fourth-order valence-corrected chi connectivity index (χ4v) is 2.13. The molecule has 2 heteroatoms. The average molecular weight is 180 g/mol. The molecule has 0 aromatic heterocycles. The lowest BCUT2D eigenvalue weighted by atomic mass is 9.95. The van der Waals surface area contributed by atoms with Crippen molar-refractivity contribution in [2.75, 3.05) is 19.6 Å². The van der Waals surface area contributed by atoms with Crippen LogP contribution in [0, 0.1) is 23.2 Å². The Labute approximate surface area is 81.5 Å². The van der Waals surface area contributed by atoms with Crippen molar-refractivity contribution >= 4 is 0 Å². The summed E-state index contributed by atoms with van der Waals surface area (Å²) in [6, 6.07) is 2.28. The molecule has 0 N–H and O–H groups in total. The molecule has 1 fully saturated rings. The Hall–Kier alpha value is -0.550. The molecule has 0 bridgehead atoms. The van der Waals surface area contributed by atoms with Gasteiger partial charge in [0.2, 0.25) is 0 Å². The van der Waals surface area contributed by atoms with Gasteiger partial charge in [-0.3, -0.25) is 0 Å². The number of nitrogens with zero attached hydrogens (tertiary/aromatic N) is 2. The van der Waals surface area contributed by atoms with Gasteiger partial charge in [-0.25, -0.2) is 0 Å². The zero-order valence-electron chi connectivity index (χ0n) is 8.79. The van der Waals surface area contributed by atoms with E-state index >= 15 is 0 Å². The maximum Gasteiger partial charge on any atom is 0.0625 e. The van der Waals surface area contributed by atoms with Crippen LogP contribution < -0.4 is 0 Å². The van der Waals surface area contributed by atoms with Gasteiger partial charge in [0, 0.05) is 19.5 Å². The molecule has 1 atom stereocenters. The molecule has 1 aliphatic rings. The smallest absolute Gasteiger partial charge is 0.0625 e. The number of likely N-dealkylation sites (tertiary alicyclic amines) is 1. The van der Waals surface area contributed by atoms with E-state index in [0.717, 1.165) is 18.9 Å². The van der Waals surface area contributed by atoms with E-state index in [0.29, 0.717) is 5.92 Å². The molecular weight excluding hydrogens is 160 g/mol. The summed E-state index contributed by atoms with van der Waals surface area (Å²) < 4.78 is 0. The summed E-state index contributed by atoms with van der Waals surface area (Å²) in [5.74, 6) is 1.39. The lowest BCUT2D eigenvalue weighted by Gasteiger charge is -2.32. The minimum atomic E-state index is 0.637. The highest BCUT2D eigenvalue weighted by Gasteiger charge is 2.19. The summed E-state index contributed by atoms with van der Waals surface area (Å²) in [5.41, 5.74) is 0. The highest BCUT2D eigenvalue weighted by Crippen LogP contribution is 2.19. The molecule has 1 unspecified atom stereocenters.